The van der Waals surface area contributed by atoms with Gasteiger partial charge in [-0.05, 0) is 70.1 Å². The van der Waals surface area contributed by atoms with Gasteiger partial charge in [-0.15, -0.1) is 0 Å². The van der Waals surface area contributed by atoms with Gasteiger partial charge in [0.2, 0.25) is 5.91 Å². The van der Waals surface area contributed by atoms with Gasteiger partial charge in [0, 0.05) is 47.9 Å². The second-order valence-electron chi connectivity index (χ2n) is 14.1. The summed E-state index contributed by atoms with van der Waals surface area (Å²) >= 11 is 13.5. The van der Waals surface area contributed by atoms with E-state index in [2.05, 4.69) is 86.3 Å². The molecule has 1 amide bonds. The Bertz CT molecular complexity index is 1710. The summed E-state index contributed by atoms with van der Waals surface area (Å²) in [6.07, 6.45) is 2.66. The van der Waals surface area contributed by atoms with E-state index in [0.717, 1.165) is 49.0 Å². The molecular formula is C40H44Cl2N2O4Si. The summed E-state index contributed by atoms with van der Waals surface area (Å²) in [6, 6.07) is 32.3. The van der Waals surface area contributed by atoms with Crippen molar-refractivity contribution in [1.82, 2.24) is 9.80 Å². The van der Waals surface area contributed by atoms with Crippen LogP contribution >= 0.6 is 23.2 Å². The van der Waals surface area contributed by atoms with Crippen LogP contribution in [-0.2, 0) is 20.5 Å². The minimum atomic E-state index is -2.64. The number of likely N-dealkylation sites (tertiary alicyclic amines) is 2. The Labute approximate surface area is 301 Å². The Balaban J connectivity index is 1.12. The van der Waals surface area contributed by atoms with Gasteiger partial charge in [-0.3, -0.25) is 9.69 Å². The highest BCUT2D eigenvalue weighted by molar-refractivity contribution is 6.99. The second kappa shape index (κ2) is 14.8. The Morgan fingerprint density at radius 3 is 1.86 bits per heavy atom. The van der Waals surface area contributed by atoms with E-state index in [1.54, 1.807) is 12.1 Å². The summed E-state index contributed by atoms with van der Waals surface area (Å²) in [5.41, 5.74) is 2.93. The van der Waals surface area contributed by atoms with Crippen LogP contribution in [-0.4, -0.2) is 68.9 Å². The number of methoxy groups -OCH3 is 1. The minimum Gasteiger partial charge on any atom is -0.465 e. The quantitative estimate of drug-likeness (QED) is 0.132. The van der Waals surface area contributed by atoms with Crippen LogP contribution in [0, 0.1) is 0 Å². The molecule has 2 aliphatic rings. The zero-order valence-electron chi connectivity index (χ0n) is 28.6. The third-order valence-electron chi connectivity index (χ3n) is 10.1. The van der Waals surface area contributed by atoms with E-state index < -0.39 is 8.32 Å². The van der Waals surface area contributed by atoms with E-state index in [-0.39, 0.29) is 29.1 Å². The van der Waals surface area contributed by atoms with Crippen molar-refractivity contribution < 1.29 is 18.8 Å². The first-order valence-electron chi connectivity index (χ1n) is 17.0. The van der Waals surface area contributed by atoms with Crippen molar-refractivity contribution in [3.63, 3.8) is 0 Å². The van der Waals surface area contributed by atoms with Gasteiger partial charge >= 0.3 is 5.97 Å². The molecule has 4 aromatic rings. The first kappa shape index (κ1) is 35.4. The van der Waals surface area contributed by atoms with Crippen molar-refractivity contribution in [1.29, 1.82) is 0 Å². The molecule has 0 aromatic heterocycles. The predicted octanol–water partition coefficient (Wildman–Crippen LogP) is 7.59. The summed E-state index contributed by atoms with van der Waals surface area (Å²) in [4.78, 5) is 29.8. The molecule has 0 spiro atoms. The Hall–Kier alpha value is -3.46. The number of hydrogen-bond donors (Lipinski definition) is 0. The van der Waals surface area contributed by atoms with E-state index in [1.165, 1.54) is 17.5 Å². The summed E-state index contributed by atoms with van der Waals surface area (Å²) in [6.45, 7) is 9.60. The fourth-order valence-electron chi connectivity index (χ4n) is 7.49. The number of nitrogens with zero attached hydrogens (tertiary/aromatic N) is 2. The van der Waals surface area contributed by atoms with Crippen LogP contribution in [0.5, 0.6) is 0 Å². The molecule has 0 radical (unpaired) electrons. The maximum Gasteiger partial charge on any atom is 0.337 e. The third-order valence-corrected chi connectivity index (χ3v) is 15.8. The molecule has 0 saturated carbocycles. The van der Waals surface area contributed by atoms with Crippen LogP contribution in [0.4, 0.5) is 0 Å². The van der Waals surface area contributed by atoms with Gasteiger partial charge in [0.05, 0.1) is 18.7 Å². The molecule has 0 aliphatic carbocycles. The molecule has 6 nitrogen and oxygen atoms in total. The largest absolute Gasteiger partial charge is 0.465 e. The smallest absolute Gasteiger partial charge is 0.337 e. The van der Waals surface area contributed by atoms with Crippen molar-refractivity contribution in [3.8, 4) is 11.1 Å². The minimum absolute atomic E-state index is 0.0787. The molecule has 6 rings (SSSR count). The lowest BCUT2D eigenvalue weighted by Crippen LogP contribution is -2.68. The number of benzene rings is 4. The summed E-state index contributed by atoms with van der Waals surface area (Å²) < 4.78 is 12.2. The van der Waals surface area contributed by atoms with Gasteiger partial charge in [-0.2, -0.15) is 0 Å². The first-order valence-corrected chi connectivity index (χ1v) is 19.7. The number of rotatable bonds is 9. The Morgan fingerprint density at radius 1 is 0.796 bits per heavy atom. The van der Waals surface area contributed by atoms with Gasteiger partial charge in [0.25, 0.3) is 8.32 Å². The molecule has 256 valence electrons. The fraction of sp³-hybridized carbons (Fsp3) is 0.350. The fourth-order valence-corrected chi connectivity index (χ4v) is 12.9. The van der Waals surface area contributed by atoms with E-state index in [9.17, 15) is 9.59 Å². The molecule has 0 bridgehead atoms. The molecule has 9 heteroatoms. The molecule has 1 unspecified atom stereocenters. The van der Waals surface area contributed by atoms with Crippen LogP contribution in [0.3, 0.4) is 0 Å². The summed E-state index contributed by atoms with van der Waals surface area (Å²) in [5.74, 6) is -0.263. The lowest BCUT2D eigenvalue weighted by atomic mass is 10.0. The number of amides is 1. The number of carbonyl (C=O) groups is 2. The van der Waals surface area contributed by atoms with Gasteiger partial charge in [-0.25, -0.2) is 4.79 Å². The first-order chi connectivity index (χ1) is 23.5. The molecule has 0 N–H and O–H groups in total. The van der Waals surface area contributed by atoms with Gasteiger partial charge in [0.15, 0.2) is 0 Å². The van der Waals surface area contributed by atoms with Crippen molar-refractivity contribution in [2.75, 3.05) is 26.7 Å². The van der Waals surface area contributed by atoms with Crippen molar-refractivity contribution in [2.45, 2.75) is 63.8 Å². The SMILES string of the molecule is COC(=O)c1ccc(-c2cc(Cl)c(CN3CCC(N4CCC(O[Si](c5ccccc5)(c5ccccc5)C(C)(C)C)CC4)C3=O)c(Cl)c2)cc1. The van der Waals surface area contributed by atoms with Crippen molar-refractivity contribution in [3.05, 3.63) is 118 Å². The van der Waals surface area contributed by atoms with Crippen LogP contribution in [0.25, 0.3) is 11.1 Å². The van der Waals surface area contributed by atoms with E-state index in [1.807, 2.05) is 29.2 Å². The molecule has 2 heterocycles. The maximum atomic E-state index is 13.8. The Morgan fingerprint density at radius 2 is 1.35 bits per heavy atom. The topological polar surface area (TPSA) is 59.1 Å². The highest BCUT2D eigenvalue weighted by atomic mass is 35.5. The molecule has 4 aromatic carbocycles. The zero-order chi connectivity index (χ0) is 34.8. The second-order valence-corrected chi connectivity index (χ2v) is 19.1. The monoisotopic (exact) mass is 714 g/mol. The average molecular weight is 716 g/mol. The van der Waals surface area contributed by atoms with Crippen LogP contribution in [0.1, 0.15) is 56.0 Å². The zero-order valence-corrected chi connectivity index (χ0v) is 31.1. The number of piperidine rings is 1. The standard InChI is InChI=1S/C40H44Cl2N2O4Si/c1-40(2,3)49(32-11-7-5-8-12-32,33-13-9-6-10-14-33)48-31-19-22-43(23-20-31)37-21-24-44(38(37)45)27-34-35(41)25-30(26-36(34)42)28-15-17-29(18-16-28)39(46)47-4/h5-18,25-26,31,37H,19-24,27H2,1-4H3. The van der Waals surface area contributed by atoms with Crippen LogP contribution in [0.2, 0.25) is 15.1 Å². The molecular weight excluding hydrogens is 671 g/mol. The maximum absolute atomic E-state index is 13.8. The normalized spacial score (nSPS) is 17.8. The lowest BCUT2D eigenvalue weighted by molar-refractivity contribution is -0.133. The Kier molecular flexibility index (Phi) is 10.7. The number of halogens is 2. The van der Waals surface area contributed by atoms with Crippen LogP contribution in [0.15, 0.2) is 97.1 Å². The van der Waals surface area contributed by atoms with E-state index >= 15 is 0 Å². The lowest BCUT2D eigenvalue weighted by Gasteiger charge is -2.47. The van der Waals surface area contributed by atoms with Crippen molar-refractivity contribution in [2.24, 2.45) is 0 Å². The van der Waals surface area contributed by atoms with Gasteiger partial charge < -0.3 is 14.1 Å². The van der Waals surface area contributed by atoms with Crippen LogP contribution < -0.4 is 10.4 Å². The van der Waals surface area contributed by atoms with Gasteiger partial charge in [0.1, 0.15) is 0 Å². The number of carbonyl (C=O) groups excluding carboxylic acids is 2. The molecule has 1 atom stereocenters. The van der Waals surface area contributed by atoms with E-state index in [0.29, 0.717) is 28.7 Å². The molecule has 2 aliphatic heterocycles. The van der Waals surface area contributed by atoms with E-state index in [4.69, 9.17) is 32.4 Å². The number of hydrogen-bond acceptors (Lipinski definition) is 5. The molecule has 2 saturated heterocycles. The molecule has 2 fully saturated rings. The summed E-state index contributed by atoms with van der Waals surface area (Å²) in [5, 5.41) is 3.53. The highest BCUT2D eigenvalue weighted by Gasteiger charge is 2.52. The highest BCUT2D eigenvalue weighted by Crippen LogP contribution is 2.39. The van der Waals surface area contributed by atoms with Crippen molar-refractivity contribution >= 4 is 53.8 Å². The summed E-state index contributed by atoms with van der Waals surface area (Å²) in [7, 11) is -1.28. The van der Waals surface area contributed by atoms with Gasteiger partial charge in [-0.1, -0.05) is 117 Å². The third kappa shape index (κ3) is 7.24. The molecule has 49 heavy (non-hydrogen) atoms. The number of ether oxygens (including phenoxy) is 1. The average Bonchev–Trinajstić information content (AvgIpc) is 3.48. The predicted molar refractivity (Wildman–Crippen MR) is 200 cm³/mol. The number of esters is 1.